The predicted molar refractivity (Wildman–Crippen MR) is 106 cm³/mol. The quantitative estimate of drug-likeness (QED) is 0.244. The van der Waals surface area contributed by atoms with E-state index in [0.717, 1.165) is 29.4 Å². The van der Waals surface area contributed by atoms with E-state index in [4.69, 9.17) is 0 Å². The van der Waals surface area contributed by atoms with Crippen LogP contribution in [0.15, 0.2) is 48.5 Å². The van der Waals surface area contributed by atoms with Gasteiger partial charge < -0.3 is 0 Å². The number of carbonyl (C=O) groups is 2. The van der Waals surface area contributed by atoms with Crippen molar-refractivity contribution in [2.45, 2.75) is 25.8 Å². The summed E-state index contributed by atoms with van der Waals surface area (Å²) in [5.41, 5.74) is 1.00. The van der Waals surface area contributed by atoms with Crippen molar-refractivity contribution in [2.75, 3.05) is 6.54 Å². The van der Waals surface area contributed by atoms with Crippen LogP contribution in [0.2, 0.25) is 0 Å². The number of nitrogens with zero attached hydrogens (tertiary/aromatic N) is 6. The molecule has 1 aliphatic heterocycles. The van der Waals surface area contributed by atoms with Crippen molar-refractivity contribution in [1.82, 2.24) is 25.1 Å². The first-order valence-corrected chi connectivity index (χ1v) is 9.52. The van der Waals surface area contributed by atoms with Gasteiger partial charge in [-0.2, -0.15) is 4.80 Å². The molecule has 0 fully saturated rings. The number of amides is 2. The zero-order chi connectivity index (χ0) is 21.1. The molecule has 0 bridgehead atoms. The summed E-state index contributed by atoms with van der Waals surface area (Å²) in [6.45, 7) is 0.842. The molecule has 1 aliphatic rings. The number of nitro benzene ring substituents is 1. The first-order valence-electron chi connectivity index (χ1n) is 9.52. The van der Waals surface area contributed by atoms with Gasteiger partial charge in [-0.3, -0.25) is 24.6 Å². The number of unbranched alkanes of at least 4 members (excludes halogenated alkanes) is 2. The minimum absolute atomic E-state index is 0.0921. The molecule has 10 heteroatoms. The van der Waals surface area contributed by atoms with E-state index in [0.29, 0.717) is 18.8 Å². The summed E-state index contributed by atoms with van der Waals surface area (Å²) in [5.74, 6) is -0.324. The molecule has 0 atom stereocenters. The van der Waals surface area contributed by atoms with E-state index in [1.165, 1.54) is 16.9 Å². The Morgan fingerprint density at radius 2 is 1.63 bits per heavy atom. The molecule has 0 spiro atoms. The average Bonchev–Trinajstić information content (AvgIpc) is 3.32. The molecule has 0 radical (unpaired) electrons. The normalized spacial score (nSPS) is 13.0. The van der Waals surface area contributed by atoms with E-state index in [1.807, 2.05) is 30.3 Å². The van der Waals surface area contributed by atoms with E-state index in [-0.39, 0.29) is 23.4 Å². The van der Waals surface area contributed by atoms with Gasteiger partial charge in [0.25, 0.3) is 17.5 Å². The Hall–Kier alpha value is -3.95. The number of hydrogen-bond donors (Lipinski definition) is 0. The van der Waals surface area contributed by atoms with Crippen LogP contribution in [-0.2, 0) is 6.54 Å². The van der Waals surface area contributed by atoms with Gasteiger partial charge in [0, 0.05) is 24.2 Å². The zero-order valence-electron chi connectivity index (χ0n) is 16.0. The molecule has 2 amide bonds. The second-order valence-electron chi connectivity index (χ2n) is 6.88. The van der Waals surface area contributed by atoms with E-state index in [2.05, 4.69) is 15.4 Å². The summed E-state index contributed by atoms with van der Waals surface area (Å²) < 4.78 is 0. The van der Waals surface area contributed by atoms with Gasteiger partial charge >= 0.3 is 0 Å². The number of hydrogen-bond acceptors (Lipinski definition) is 7. The van der Waals surface area contributed by atoms with E-state index in [1.54, 1.807) is 0 Å². The van der Waals surface area contributed by atoms with Crippen LogP contribution in [-0.4, -0.2) is 48.4 Å². The monoisotopic (exact) mass is 406 g/mol. The molecule has 0 saturated carbocycles. The number of benzene rings is 2. The van der Waals surface area contributed by atoms with Crippen molar-refractivity contribution in [2.24, 2.45) is 0 Å². The summed E-state index contributed by atoms with van der Waals surface area (Å²) in [4.78, 5) is 37.9. The van der Waals surface area contributed by atoms with Gasteiger partial charge in [0.1, 0.15) is 0 Å². The Bertz CT molecular complexity index is 1110. The molecule has 4 rings (SSSR count). The highest BCUT2D eigenvalue weighted by molar-refractivity contribution is 6.21. The molecule has 1 aromatic heterocycles. The molecule has 3 aromatic rings. The van der Waals surface area contributed by atoms with Crippen molar-refractivity contribution in [3.63, 3.8) is 0 Å². The predicted octanol–water partition coefficient (Wildman–Crippen LogP) is 2.71. The first kappa shape index (κ1) is 19.4. The fourth-order valence-corrected chi connectivity index (χ4v) is 3.34. The summed E-state index contributed by atoms with van der Waals surface area (Å²) >= 11 is 0. The molecule has 152 valence electrons. The van der Waals surface area contributed by atoms with Crippen LogP contribution < -0.4 is 0 Å². The summed E-state index contributed by atoms with van der Waals surface area (Å²) in [5, 5.41) is 23.3. The first-order chi connectivity index (χ1) is 14.5. The number of imide groups is 1. The fourth-order valence-electron chi connectivity index (χ4n) is 3.34. The van der Waals surface area contributed by atoms with Crippen LogP contribution in [0.3, 0.4) is 0 Å². The Morgan fingerprint density at radius 1 is 0.900 bits per heavy atom. The van der Waals surface area contributed by atoms with Crippen molar-refractivity contribution < 1.29 is 14.5 Å². The highest BCUT2D eigenvalue weighted by Crippen LogP contribution is 2.27. The van der Waals surface area contributed by atoms with Gasteiger partial charge in [-0.1, -0.05) is 30.3 Å². The minimum Gasteiger partial charge on any atom is -0.274 e. The number of nitro groups is 1. The highest BCUT2D eigenvalue weighted by atomic mass is 16.6. The lowest BCUT2D eigenvalue weighted by atomic mass is 10.1. The zero-order valence-corrected chi connectivity index (χ0v) is 16.0. The maximum absolute atomic E-state index is 12.5. The summed E-state index contributed by atoms with van der Waals surface area (Å²) in [6.07, 6.45) is 2.14. The lowest BCUT2D eigenvalue weighted by Crippen LogP contribution is -2.30. The standard InChI is InChI=1S/C20H18N6O4/c27-19-16-10-9-15(26(29)30)13-17(16)20(28)24(19)11-5-2-6-12-25-22-18(21-23-25)14-7-3-1-4-8-14/h1,3-4,7-10,13H,2,5-6,11-12H2. The molecular weight excluding hydrogens is 388 g/mol. The number of carbonyl (C=O) groups excluding carboxylic acids is 2. The molecule has 0 N–H and O–H groups in total. The van der Waals surface area contributed by atoms with Gasteiger partial charge in [0.15, 0.2) is 0 Å². The van der Waals surface area contributed by atoms with Gasteiger partial charge in [0.05, 0.1) is 22.6 Å². The van der Waals surface area contributed by atoms with Crippen molar-refractivity contribution in [1.29, 1.82) is 0 Å². The smallest absolute Gasteiger partial charge is 0.270 e. The largest absolute Gasteiger partial charge is 0.274 e. The maximum Gasteiger partial charge on any atom is 0.270 e. The Labute approximate surface area is 171 Å². The lowest BCUT2D eigenvalue weighted by molar-refractivity contribution is -0.384. The number of aryl methyl sites for hydroxylation is 1. The van der Waals surface area contributed by atoms with Crippen LogP contribution >= 0.6 is 0 Å². The van der Waals surface area contributed by atoms with Gasteiger partial charge in [-0.15, -0.1) is 10.2 Å². The van der Waals surface area contributed by atoms with Crippen molar-refractivity contribution in [3.8, 4) is 11.4 Å². The molecule has 0 unspecified atom stereocenters. The number of tetrazole rings is 1. The van der Waals surface area contributed by atoms with Crippen LogP contribution in [0.1, 0.15) is 40.0 Å². The number of non-ortho nitro benzene ring substituents is 1. The third kappa shape index (κ3) is 3.79. The van der Waals surface area contributed by atoms with Crippen LogP contribution in [0, 0.1) is 10.1 Å². The number of rotatable bonds is 8. The van der Waals surface area contributed by atoms with Crippen LogP contribution in [0.25, 0.3) is 11.4 Å². The van der Waals surface area contributed by atoms with E-state index in [9.17, 15) is 19.7 Å². The molecule has 2 heterocycles. The summed E-state index contributed by atoms with van der Waals surface area (Å²) in [6, 6.07) is 13.3. The molecule has 0 saturated heterocycles. The number of fused-ring (bicyclic) bond motifs is 1. The van der Waals surface area contributed by atoms with E-state index < -0.39 is 16.7 Å². The van der Waals surface area contributed by atoms with Gasteiger partial charge in [0.2, 0.25) is 5.82 Å². The molecular formula is C20H18N6O4. The topological polar surface area (TPSA) is 124 Å². The third-order valence-electron chi connectivity index (χ3n) is 4.89. The molecule has 2 aromatic carbocycles. The molecule has 10 nitrogen and oxygen atoms in total. The third-order valence-corrected chi connectivity index (χ3v) is 4.89. The lowest BCUT2D eigenvalue weighted by Gasteiger charge is -2.13. The van der Waals surface area contributed by atoms with E-state index >= 15 is 0 Å². The Balaban J connectivity index is 1.27. The van der Waals surface area contributed by atoms with Crippen LogP contribution in [0.5, 0.6) is 0 Å². The second-order valence-corrected chi connectivity index (χ2v) is 6.88. The number of aromatic nitrogens is 4. The molecule has 0 aliphatic carbocycles. The Kier molecular flexibility index (Phi) is 5.29. The Morgan fingerprint density at radius 3 is 2.40 bits per heavy atom. The minimum atomic E-state index is -0.581. The fraction of sp³-hybridized carbons (Fsp3) is 0.250. The molecule has 30 heavy (non-hydrogen) atoms. The van der Waals surface area contributed by atoms with Gasteiger partial charge in [-0.05, 0) is 30.5 Å². The highest BCUT2D eigenvalue weighted by Gasteiger charge is 2.36. The van der Waals surface area contributed by atoms with Crippen molar-refractivity contribution >= 4 is 17.5 Å². The summed E-state index contributed by atoms with van der Waals surface area (Å²) in [7, 11) is 0. The SMILES string of the molecule is O=C1c2ccc([N+](=O)[O-])cc2C(=O)N1CCCCCn1nnc(-c2ccccc2)n1. The maximum atomic E-state index is 12.5. The van der Waals surface area contributed by atoms with Crippen LogP contribution in [0.4, 0.5) is 5.69 Å². The van der Waals surface area contributed by atoms with Crippen molar-refractivity contribution in [3.05, 3.63) is 69.8 Å². The van der Waals surface area contributed by atoms with Gasteiger partial charge in [-0.25, -0.2) is 0 Å². The average molecular weight is 406 g/mol. The second kappa shape index (κ2) is 8.19.